The fourth-order valence-electron chi connectivity index (χ4n) is 1.72. The standard InChI is InChI=1S/C11H13N7S/c1-6-4-19-7(16-6)3-13-9-8-10(15-5-14-8)18-11(12-2)17-9/h4-5H,3H2,1-2H3,(H3,12,13,14,15,17,18). The van der Waals surface area contributed by atoms with Crippen LogP contribution in [-0.2, 0) is 6.54 Å². The van der Waals surface area contributed by atoms with Gasteiger partial charge in [0, 0.05) is 18.1 Å². The molecule has 7 nitrogen and oxygen atoms in total. The summed E-state index contributed by atoms with van der Waals surface area (Å²) in [5, 5.41) is 9.24. The zero-order valence-electron chi connectivity index (χ0n) is 10.6. The Hall–Kier alpha value is -2.22. The highest BCUT2D eigenvalue weighted by atomic mass is 32.1. The van der Waals surface area contributed by atoms with Gasteiger partial charge in [0.05, 0.1) is 12.9 Å². The fraction of sp³-hybridized carbons (Fsp3) is 0.273. The Morgan fingerprint density at radius 2 is 2.21 bits per heavy atom. The van der Waals surface area contributed by atoms with Crippen LogP contribution in [0, 0.1) is 6.92 Å². The summed E-state index contributed by atoms with van der Waals surface area (Å²) < 4.78 is 0. The molecule has 3 aromatic rings. The van der Waals surface area contributed by atoms with Crippen molar-refractivity contribution in [2.24, 2.45) is 0 Å². The van der Waals surface area contributed by atoms with Crippen molar-refractivity contribution in [1.82, 2.24) is 24.9 Å². The number of nitrogens with zero attached hydrogens (tertiary/aromatic N) is 4. The number of nitrogens with one attached hydrogen (secondary N) is 3. The second-order valence-electron chi connectivity index (χ2n) is 3.98. The number of rotatable bonds is 4. The Morgan fingerprint density at radius 3 is 2.95 bits per heavy atom. The summed E-state index contributed by atoms with van der Waals surface area (Å²) >= 11 is 1.63. The molecular formula is C11H13N7S. The molecule has 0 amide bonds. The van der Waals surface area contributed by atoms with Gasteiger partial charge in [0.2, 0.25) is 5.95 Å². The minimum atomic E-state index is 0.539. The molecule has 3 aromatic heterocycles. The maximum Gasteiger partial charge on any atom is 0.226 e. The van der Waals surface area contributed by atoms with Gasteiger partial charge in [0.25, 0.3) is 0 Å². The highest BCUT2D eigenvalue weighted by Crippen LogP contribution is 2.19. The number of thiazole rings is 1. The summed E-state index contributed by atoms with van der Waals surface area (Å²) in [4.78, 5) is 20.2. The van der Waals surface area contributed by atoms with Crippen LogP contribution in [0.4, 0.5) is 11.8 Å². The third-order valence-electron chi connectivity index (χ3n) is 2.58. The first kappa shape index (κ1) is 11.8. The van der Waals surface area contributed by atoms with E-state index in [1.807, 2.05) is 12.3 Å². The quantitative estimate of drug-likeness (QED) is 0.672. The van der Waals surface area contributed by atoms with Crippen molar-refractivity contribution in [3.8, 4) is 0 Å². The molecule has 0 saturated heterocycles. The molecule has 0 aliphatic heterocycles. The second kappa shape index (κ2) is 4.81. The summed E-state index contributed by atoms with van der Waals surface area (Å²) in [5.41, 5.74) is 2.47. The maximum absolute atomic E-state index is 4.41. The van der Waals surface area contributed by atoms with Gasteiger partial charge in [-0.05, 0) is 6.92 Å². The van der Waals surface area contributed by atoms with E-state index in [0.29, 0.717) is 18.1 Å². The van der Waals surface area contributed by atoms with Gasteiger partial charge in [-0.25, -0.2) is 9.97 Å². The first-order valence-corrected chi connectivity index (χ1v) is 6.68. The monoisotopic (exact) mass is 275 g/mol. The number of aromatic amines is 1. The molecule has 0 spiro atoms. The van der Waals surface area contributed by atoms with E-state index in [-0.39, 0.29) is 0 Å². The third kappa shape index (κ3) is 2.34. The van der Waals surface area contributed by atoms with E-state index < -0.39 is 0 Å². The molecule has 0 unspecified atom stereocenters. The van der Waals surface area contributed by atoms with Crippen LogP contribution in [-0.4, -0.2) is 32.0 Å². The molecular weight excluding hydrogens is 262 g/mol. The van der Waals surface area contributed by atoms with E-state index >= 15 is 0 Å². The van der Waals surface area contributed by atoms with Crippen molar-refractivity contribution < 1.29 is 0 Å². The molecule has 3 N–H and O–H groups in total. The number of aryl methyl sites for hydroxylation is 1. The molecule has 0 radical (unpaired) electrons. The van der Waals surface area contributed by atoms with Crippen LogP contribution < -0.4 is 10.6 Å². The zero-order valence-corrected chi connectivity index (χ0v) is 11.4. The van der Waals surface area contributed by atoms with Crippen molar-refractivity contribution in [1.29, 1.82) is 0 Å². The van der Waals surface area contributed by atoms with E-state index in [1.54, 1.807) is 24.7 Å². The van der Waals surface area contributed by atoms with Crippen molar-refractivity contribution in [2.75, 3.05) is 17.7 Å². The van der Waals surface area contributed by atoms with E-state index in [4.69, 9.17) is 0 Å². The average Bonchev–Trinajstić information content (AvgIpc) is 3.04. The van der Waals surface area contributed by atoms with Gasteiger partial charge in [0.1, 0.15) is 10.5 Å². The van der Waals surface area contributed by atoms with Crippen LogP contribution in [0.15, 0.2) is 11.7 Å². The summed E-state index contributed by atoms with van der Waals surface area (Å²) in [7, 11) is 1.78. The lowest BCUT2D eigenvalue weighted by Crippen LogP contribution is -2.05. The Bertz CT molecular complexity index is 702. The normalized spacial score (nSPS) is 10.8. The first-order chi connectivity index (χ1) is 9.26. The molecule has 8 heteroatoms. The largest absolute Gasteiger partial charge is 0.362 e. The SMILES string of the molecule is CNc1nc(NCc2nc(C)cs2)c2[nH]cnc2n1. The first-order valence-electron chi connectivity index (χ1n) is 5.80. The maximum atomic E-state index is 4.41. The van der Waals surface area contributed by atoms with Crippen LogP contribution in [0.5, 0.6) is 0 Å². The van der Waals surface area contributed by atoms with Gasteiger partial charge in [-0.1, -0.05) is 0 Å². The van der Waals surface area contributed by atoms with Gasteiger partial charge in [-0.3, -0.25) is 0 Å². The van der Waals surface area contributed by atoms with Gasteiger partial charge < -0.3 is 15.6 Å². The highest BCUT2D eigenvalue weighted by Gasteiger charge is 2.09. The van der Waals surface area contributed by atoms with Crippen LogP contribution in [0.1, 0.15) is 10.7 Å². The van der Waals surface area contributed by atoms with Gasteiger partial charge in [-0.2, -0.15) is 9.97 Å². The molecule has 3 rings (SSSR count). The van der Waals surface area contributed by atoms with Crippen LogP contribution in [0.25, 0.3) is 11.2 Å². The number of hydrogen-bond donors (Lipinski definition) is 3. The zero-order chi connectivity index (χ0) is 13.2. The van der Waals surface area contributed by atoms with Crippen molar-refractivity contribution in [3.05, 3.63) is 22.4 Å². The summed E-state index contributed by atoms with van der Waals surface area (Å²) in [6, 6.07) is 0. The lowest BCUT2D eigenvalue weighted by atomic mass is 10.4. The highest BCUT2D eigenvalue weighted by molar-refractivity contribution is 7.09. The molecule has 3 heterocycles. The molecule has 98 valence electrons. The van der Waals surface area contributed by atoms with Crippen molar-refractivity contribution in [3.63, 3.8) is 0 Å². The summed E-state index contributed by atoms with van der Waals surface area (Å²) in [5.74, 6) is 1.26. The smallest absolute Gasteiger partial charge is 0.226 e. The van der Waals surface area contributed by atoms with Gasteiger partial charge in [-0.15, -0.1) is 11.3 Å². The lowest BCUT2D eigenvalue weighted by Gasteiger charge is -2.06. The van der Waals surface area contributed by atoms with Crippen molar-refractivity contribution in [2.45, 2.75) is 13.5 Å². The number of imidazole rings is 1. The van der Waals surface area contributed by atoms with Crippen molar-refractivity contribution >= 4 is 34.3 Å². The Morgan fingerprint density at radius 1 is 1.32 bits per heavy atom. The van der Waals surface area contributed by atoms with Crippen LogP contribution >= 0.6 is 11.3 Å². The number of H-pyrrole nitrogens is 1. The molecule has 0 aromatic carbocycles. The van der Waals surface area contributed by atoms with E-state index in [9.17, 15) is 0 Å². The molecule has 0 aliphatic rings. The Balaban J connectivity index is 1.88. The van der Waals surface area contributed by atoms with Crippen LogP contribution in [0.2, 0.25) is 0 Å². The minimum absolute atomic E-state index is 0.539. The molecule has 0 fully saturated rings. The molecule has 19 heavy (non-hydrogen) atoms. The topological polar surface area (TPSA) is 91.4 Å². The lowest BCUT2D eigenvalue weighted by molar-refractivity contribution is 1.05. The molecule has 0 atom stereocenters. The number of fused-ring (bicyclic) bond motifs is 1. The molecule has 0 aliphatic carbocycles. The predicted octanol–water partition coefficient (Wildman–Crippen LogP) is 1.77. The number of anilines is 2. The fourth-order valence-corrected chi connectivity index (χ4v) is 2.43. The molecule has 0 saturated carbocycles. The number of aromatic nitrogens is 5. The Labute approximate surface area is 113 Å². The summed E-state index contributed by atoms with van der Waals surface area (Å²) in [6.07, 6.45) is 1.61. The molecule has 0 bridgehead atoms. The van der Waals surface area contributed by atoms with E-state index in [1.165, 1.54) is 0 Å². The van der Waals surface area contributed by atoms with E-state index in [0.717, 1.165) is 22.0 Å². The second-order valence-corrected chi connectivity index (χ2v) is 4.93. The average molecular weight is 275 g/mol. The minimum Gasteiger partial charge on any atom is -0.362 e. The third-order valence-corrected chi connectivity index (χ3v) is 3.55. The van der Waals surface area contributed by atoms with Gasteiger partial charge >= 0.3 is 0 Å². The summed E-state index contributed by atoms with van der Waals surface area (Å²) in [6.45, 7) is 2.61. The Kier molecular flexibility index (Phi) is 3.00. The predicted molar refractivity (Wildman–Crippen MR) is 75.4 cm³/mol. The number of hydrogen-bond acceptors (Lipinski definition) is 7. The van der Waals surface area contributed by atoms with E-state index in [2.05, 4.69) is 35.6 Å². The van der Waals surface area contributed by atoms with Gasteiger partial charge in [0.15, 0.2) is 11.5 Å². The van der Waals surface area contributed by atoms with Crippen LogP contribution in [0.3, 0.4) is 0 Å².